The van der Waals surface area contributed by atoms with Crippen LogP contribution in [0.5, 0.6) is 0 Å². The molecule has 8 heteroatoms. The molecule has 0 saturated carbocycles. The number of hydrazone groups is 1. The van der Waals surface area contributed by atoms with Gasteiger partial charge in [0.1, 0.15) is 17.6 Å². The van der Waals surface area contributed by atoms with E-state index in [0.29, 0.717) is 18.8 Å². The smallest absolute Gasteiger partial charge is 0.267 e. The molecular weight excluding hydrogens is 363 g/mol. The van der Waals surface area contributed by atoms with Crippen molar-refractivity contribution in [2.75, 3.05) is 12.1 Å². The number of halogens is 1. The first-order chi connectivity index (χ1) is 13.5. The van der Waals surface area contributed by atoms with Crippen LogP contribution in [0.15, 0.2) is 53.6 Å². The number of benzene rings is 2. The predicted octanol–water partition coefficient (Wildman–Crippen LogP) is 1.71. The highest BCUT2D eigenvalue weighted by atomic mass is 19.1. The van der Waals surface area contributed by atoms with E-state index in [1.54, 1.807) is 7.11 Å². The minimum atomic E-state index is -0.799. The Balaban J connectivity index is 1.73. The van der Waals surface area contributed by atoms with Gasteiger partial charge in [-0.3, -0.25) is 14.6 Å². The summed E-state index contributed by atoms with van der Waals surface area (Å²) in [6, 6.07) is 12.3. The lowest BCUT2D eigenvalue weighted by atomic mass is 10.1. The fraction of sp³-hybridized carbons (Fsp3) is 0.250. The van der Waals surface area contributed by atoms with Crippen LogP contribution in [-0.4, -0.2) is 30.7 Å². The molecule has 146 valence electrons. The molecule has 0 radical (unpaired) electrons. The van der Waals surface area contributed by atoms with Crippen LogP contribution in [0, 0.1) is 5.82 Å². The third kappa shape index (κ3) is 4.34. The van der Waals surface area contributed by atoms with E-state index in [-0.39, 0.29) is 18.0 Å². The van der Waals surface area contributed by atoms with E-state index in [4.69, 9.17) is 10.5 Å². The van der Waals surface area contributed by atoms with E-state index in [1.807, 2.05) is 24.3 Å². The van der Waals surface area contributed by atoms with E-state index >= 15 is 0 Å². The van der Waals surface area contributed by atoms with E-state index in [9.17, 15) is 14.0 Å². The number of nitrogens with two attached hydrogens (primary N) is 1. The second-order valence-electron chi connectivity index (χ2n) is 6.37. The van der Waals surface area contributed by atoms with E-state index in [2.05, 4.69) is 10.4 Å². The number of anilines is 1. The average Bonchev–Trinajstić information content (AvgIpc) is 3.14. The molecule has 2 aromatic carbocycles. The number of carbonyl (C=O) groups excluding carboxylic acids is 2. The molecule has 1 unspecified atom stereocenters. The van der Waals surface area contributed by atoms with Gasteiger partial charge in [0.2, 0.25) is 5.91 Å². The number of primary amides is 1. The van der Waals surface area contributed by atoms with Gasteiger partial charge in [-0.2, -0.15) is 5.10 Å². The Labute approximate surface area is 162 Å². The van der Waals surface area contributed by atoms with E-state index < -0.39 is 17.8 Å². The SMILES string of the molecule is COCc1ccccc1CNC(=O)C1=NN(c2ccc(F)cc2)C(C(N)=O)C1. The Bertz CT molecular complexity index is 899. The predicted molar refractivity (Wildman–Crippen MR) is 103 cm³/mol. The van der Waals surface area contributed by atoms with Crippen LogP contribution in [0.2, 0.25) is 0 Å². The average molecular weight is 384 g/mol. The van der Waals surface area contributed by atoms with Crippen LogP contribution < -0.4 is 16.1 Å². The Morgan fingerprint density at radius 1 is 1.21 bits per heavy atom. The van der Waals surface area contributed by atoms with Crippen LogP contribution >= 0.6 is 0 Å². The van der Waals surface area contributed by atoms with Crippen LogP contribution in [-0.2, 0) is 27.5 Å². The topological polar surface area (TPSA) is 97.0 Å². The number of hydrogen-bond donors (Lipinski definition) is 2. The summed E-state index contributed by atoms with van der Waals surface area (Å²) < 4.78 is 18.3. The summed E-state index contributed by atoms with van der Waals surface area (Å²) in [5.74, 6) is -1.40. The summed E-state index contributed by atoms with van der Waals surface area (Å²) in [4.78, 5) is 24.4. The molecule has 3 rings (SSSR count). The number of methoxy groups -OCH3 is 1. The first-order valence-electron chi connectivity index (χ1n) is 8.75. The number of rotatable bonds is 7. The fourth-order valence-electron chi connectivity index (χ4n) is 3.00. The van der Waals surface area contributed by atoms with Crippen LogP contribution in [0.1, 0.15) is 17.5 Å². The van der Waals surface area contributed by atoms with Crippen molar-refractivity contribution in [1.82, 2.24) is 5.32 Å². The second kappa shape index (κ2) is 8.62. The van der Waals surface area contributed by atoms with Gasteiger partial charge in [-0.25, -0.2) is 4.39 Å². The number of amides is 2. The monoisotopic (exact) mass is 384 g/mol. The first-order valence-corrected chi connectivity index (χ1v) is 8.75. The van der Waals surface area contributed by atoms with Gasteiger partial charge in [0, 0.05) is 20.1 Å². The highest BCUT2D eigenvalue weighted by molar-refractivity contribution is 6.40. The number of nitrogens with one attached hydrogen (secondary N) is 1. The zero-order valence-corrected chi connectivity index (χ0v) is 15.4. The molecule has 1 aliphatic rings. The van der Waals surface area contributed by atoms with Gasteiger partial charge in [-0.05, 0) is 35.4 Å². The van der Waals surface area contributed by atoms with Crippen molar-refractivity contribution in [2.45, 2.75) is 25.6 Å². The maximum absolute atomic E-state index is 13.2. The molecule has 0 spiro atoms. The van der Waals surface area contributed by atoms with E-state index in [1.165, 1.54) is 29.3 Å². The Kier molecular flexibility index (Phi) is 6.00. The van der Waals surface area contributed by atoms with Crippen molar-refractivity contribution < 1.29 is 18.7 Å². The second-order valence-corrected chi connectivity index (χ2v) is 6.37. The van der Waals surface area contributed by atoms with Gasteiger partial charge >= 0.3 is 0 Å². The summed E-state index contributed by atoms with van der Waals surface area (Å²) in [5, 5.41) is 8.42. The number of hydrogen-bond acceptors (Lipinski definition) is 5. The summed E-state index contributed by atoms with van der Waals surface area (Å²) in [6.45, 7) is 0.740. The van der Waals surface area contributed by atoms with E-state index in [0.717, 1.165) is 11.1 Å². The van der Waals surface area contributed by atoms with Crippen molar-refractivity contribution >= 4 is 23.2 Å². The van der Waals surface area contributed by atoms with Crippen molar-refractivity contribution in [3.63, 3.8) is 0 Å². The molecule has 0 aromatic heterocycles. The zero-order valence-electron chi connectivity index (χ0n) is 15.4. The lowest BCUT2D eigenvalue weighted by Crippen LogP contribution is -2.39. The molecule has 1 aliphatic heterocycles. The van der Waals surface area contributed by atoms with Gasteiger partial charge in [-0.1, -0.05) is 24.3 Å². The third-order valence-corrected chi connectivity index (χ3v) is 4.45. The molecule has 7 nitrogen and oxygen atoms in total. The maximum Gasteiger partial charge on any atom is 0.267 e. The van der Waals surface area contributed by atoms with Crippen LogP contribution in [0.25, 0.3) is 0 Å². The summed E-state index contributed by atoms with van der Waals surface area (Å²) in [6.07, 6.45) is 0.0816. The maximum atomic E-state index is 13.2. The van der Waals surface area contributed by atoms with Gasteiger partial charge in [0.05, 0.1) is 12.3 Å². The van der Waals surface area contributed by atoms with Crippen molar-refractivity contribution in [1.29, 1.82) is 0 Å². The molecule has 1 atom stereocenters. The van der Waals surface area contributed by atoms with Gasteiger partial charge in [0.15, 0.2) is 0 Å². The minimum absolute atomic E-state index is 0.0816. The van der Waals surface area contributed by atoms with Crippen molar-refractivity contribution in [3.8, 4) is 0 Å². The molecular formula is C20H21FN4O3. The quantitative estimate of drug-likeness (QED) is 0.759. The summed E-state index contributed by atoms with van der Waals surface area (Å²) in [5.41, 5.74) is 8.04. The molecule has 28 heavy (non-hydrogen) atoms. The molecule has 1 heterocycles. The Morgan fingerprint density at radius 2 is 1.89 bits per heavy atom. The first kappa shape index (κ1) is 19.5. The fourth-order valence-corrected chi connectivity index (χ4v) is 3.00. The van der Waals surface area contributed by atoms with Crippen LogP contribution in [0.4, 0.5) is 10.1 Å². The highest BCUT2D eigenvalue weighted by Gasteiger charge is 2.34. The lowest BCUT2D eigenvalue weighted by molar-refractivity contribution is -0.119. The minimum Gasteiger partial charge on any atom is -0.380 e. The van der Waals surface area contributed by atoms with Crippen molar-refractivity contribution in [3.05, 3.63) is 65.5 Å². The third-order valence-electron chi connectivity index (χ3n) is 4.45. The largest absolute Gasteiger partial charge is 0.380 e. The summed E-state index contributed by atoms with van der Waals surface area (Å²) in [7, 11) is 1.61. The normalized spacial score (nSPS) is 16.0. The highest BCUT2D eigenvalue weighted by Crippen LogP contribution is 2.25. The molecule has 0 saturated heterocycles. The number of nitrogens with zero attached hydrogens (tertiary/aromatic N) is 2. The van der Waals surface area contributed by atoms with Gasteiger partial charge in [-0.15, -0.1) is 0 Å². The lowest BCUT2D eigenvalue weighted by Gasteiger charge is -2.20. The standard InChI is InChI=1S/C20H21FN4O3/c1-28-12-14-5-3-2-4-13(14)11-23-20(27)17-10-18(19(22)26)25(24-17)16-8-6-15(21)7-9-16/h2-9,18H,10-12H2,1H3,(H2,22,26)(H,23,27). The molecule has 0 aliphatic carbocycles. The van der Waals surface area contributed by atoms with Gasteiger partial charge < -0.3 is 15.8 Å². The zero-order chi connectivity index (χ0) is 20.1. The Morgan fingerprint density at radius 3 is 2.54 bits per heavy atom. The molecule has 0 fully saturated rings. The Hall–Kier alpha value is -3.26. The van der Waals surface area contributed by atoms with Crippen molar-refractivity contribution in [2.24, 2.45) is 10.8 Å². The number of carbonyl (C=O) groups is 2. The molecule has 3 N–H and O–H groups in total. The molecule has 0 bridgehead atoms. The molecule has 2 amide bonds. The van der Waals surface area contributed by atoms with Gasteiger partial charge in [0.25, 0.3) is 5.91 Å². The van der Waals surface area contributed by atoms with Crippen LogP contribution in [0.3, 0.4) is 0 Å². The summed E-state index contributed by atoms with van der Waals surface area (Å²) >= 11 is 0. The number of ether oxygens (including phenoxy) is 1. The molecule has 2 aromatic rings.